The molecule has 0 aromatic carbocycles. The molecule has 0 bridgehead atoms. The number of phosphoric ester groups is 4. The average molecular weight is 740 g/mol. The zero-order valence-electron chi connectivity index (χ0n) is 18.1. The predicted molar refractivity (Wildman–Crippen MR) is 112 cm³/mol. The number of aliphatic hydroxyl groups is 2. The van der Waals surface area contributed by atoms with Crippen LogP contribution in [0.3, 0.4) is 0 Å². The summed E-state index contributed by atoms with van der Waals surface area (Å²) in [4.78, 5) is 99.5. The lowest BCUT2D eigenvalue weighted by Gasteiger charge is -2.46. The van der Waals surface area contributed by atoms with E-state index >= 15 is 0 Å². The highest BCUT2D eigenvalue weighted by molar-refractivity contribution is 7.61. The van der Waals surface area contributed by atoms with E-state index in [9.17, 15) is 56.8 Å². The molecule has 240 valence electrons. The molecule has 0 radical (unpaired) electrons. The fourth-order valence-electron chi connectivity index (χ4n) is 2.72. The monoisotopic (exact) mass is 740 g/mol. The van der Waals surface area contributed by atoms with Gasteiger partial charge in [-0.1, -0.05) is 0 Å². The Bertz CT molecular complexity index is 1230. The van der Waals surface area contributed by atoms with Gasteiger partial charge in [-0.2, -0.15) is 12.9 Å². The van der Waals surface area contributed by atoms with E-state index in [0.717, 1.165) is 0 Å². The van der Waals surface area contributed by atoms with Gasteiger partial charge in [-0.05, 0) is 0 Å². The van der Waals surface area contributed by atoms with Crippen LogP contribution < -0.4 is 0 Å². The maximum absolute atomic E-state index is 12.2. The Hall–Kier alpha value is 0.810. The molecule has 0 aliphatic heterocycles. The molecule has 3 unspecified atom stereocenters. The van der Waals surface area contributed by atoms with Crippen molar-refractivity contribution in [2.24, 2.45) is 0 Å². The van der Waals surface area contributed by atoms with Gasteiger partial charge in [0.1, 0.15) is 36.6 Å². The van der Waals surface area contributed by atoms with E-state index in [1.165, 1.54) is 0 Å². The molecule has 0 aromatic heterocycles. The topological polar surface area (TPSA) is 447 Å². The molecule has 1 aliphatic carbocycles. The molecule has 1 rings (SSSR count). The van der Waals surface area contributed by atoms with Crippen molar-refractivity contribution in [3.8, 4) is 0 Å². The highest BCUT2D eigenvalue weighted by atomic mass is 31.3. The normalized spacial score (nSPS) is 31.6. The van der Waals surface area contributed by atoms with E-state index < -0.39 is 91.4 Å². The lowest BCUT2D eigenvalue weighted by atomic mass is 9.85. The van der Waals surface area contributed by atoms with Crippen LogP contribution in [0.25, 0.3) is 0 Å². The second kappa shape index (κ2) is 13.0. The van der Waals surface area contributed by atoms with Crippen molar-refractivity contribution in [3.63, 3.8) is 0 Å². The number of aliphatic hydroxyl groups excluding tert-OH is 2. The van der Waals surface area contributed by atoms with Crippen molar-refractivity contribution < 1.29 is 127 Å². The molecule has 0 saturated heterocycles. The van der Waals surface area contributed by atoms with Crippen LogP contribution in [0.4, 0.5) is 0 Å². The molecule has 1 aliphatic rings. The van der Waals surface area contributed by atoms with Gasteiger partial charge in [-0.15, -0.1) is 0 Å². The Morgan fingerprint density at radius 3 is 0.800 bits per heavy atom. The molecule has 40 heavy (non-hydrogen) atoms. The van der Waals surface area contributed by atoms with Gasteiger partial charge in [-0.3, -0.25) is 18.1 Å². The van der Waals surface area contributed by atoms with Gasteiger partial charge in [0.15, 0.2) is 0 Å². The molecule has 34 heteroatoms. The Morgan fingerprint density at radius 1 is 0.350 bits per heavy atom. The van der Waals surface area contributed by atoms with E-state index in [2.05, 4.69) is 31.0 Å². The van der Waals surface area contributed by atoms with Crippen LogP contribution in [0, 0.1) is 0 Å². The molecule has 0 amide bonds. The molecular weight excluding hydrogens is 721 g/mol. The van der Waals surface area contributed by atoms with Crippen LogP contribution in [0.2, 0.25) is 0 Å². The molecule has 13 N–H and O–H groups in total. The van der Waals surface area contributed by atoms with Gasteiger partial charge in [0.05, 0.1) is 0 Å². The van der Waals surface area contributed by atoms with Gasteiger partial charge >= 0.3 is 54.8 Å². The second-order valence-electron chi connectivity index (χ2n) is 6.87. The van der Waals surface area contributed by atoms with Crippen LogP contribution >= 0.6 is 54.8 Å². The van der Waals surface area contributed by atoms with Crippen LogP contribution in [0.15, 0.2) is 0 Å². The van der Waals surface area contributed by atoms with Crippen molar-refractivity contribution >= 4 is 54.8 Å². The smallest absolute Gasteiger partial charge is 0.387 e. The van der Waals surface area contributed by atoms with Gasteiger partial charge in [0, 0.05) is 0 Å². The van der Waals surface area contributed by atoms with E-state index in [4.69, 9.17) is 39.1 Å². The third-order valence-corrected chi connectivity index (χ3v) is 10.7. The molecule has 1 saturated carbocycles. The highest BCUT2D eigenvalue weighted by Crippen LogP contribution is 2.64. The summed E-state index contributed by atoms with van der Waals surface area (Å²) in [5.41, 5.74) is 0. The Labute approximate surface area is 219 Å². The molecule has 27 nitrogen and oxygen atoms in total. The van der Waals surface area contributed by atoms with Crippen molar-refractivity contribution in [1.29, 1.82) is 0 Å². The minimum Gasteiger partial charge on any atom is -0.387 e. The summed E-state index contributed by atoms with van der Waals surface area (Å²) in [5.74, 6) is 0. The number of hydrogen-bond acceptors (Lipinski definition) is 16. The van der Waals surface area contributed by atoms with Gasteiger partial charge < -0.3 is 64.0 Å². The summed E-state index contributed by atoms with van der Waals surface area (Å²) in [7, 11) is -43.1. The minimum absolute atomic E-state index is 3.03. The summed E-state index contributed by atoms with van der Waals surface area (Å²) in [6.07, 6.45) is -19.0. The fraction of sp³-hybridized carbons (Fsp3) is 1.00. The predicted octanol–water partition coefficient (Wildman–Crippen LogP) is -3.02. The fourth-order valence-corrected chi connectivity index (χ4v) is 8.61. The minimum atomic E-state index is -6.39. The van der Waals surface area contributed by atoms with E-state index in [1.54, 1.807) is 0 Å². The lowest BCUT2D eigenvalue weighted by Crippen LogP contribution is -2.65. The maximum atomic E-state index is 12.2. The summed E-state index contributed by atoms with van der Waals surface area (Å²) in [6, 6.07) is 0. The van der Waals surface area contributed by atoms with Crippen LogP contribution in [-0.2, 0) is 63.0 Å². The molecule has 1 fully saturated rings. The standard InChI is InChI=1S/C6H19O27P7/c7-1-2(8)4(28-38(21,22)31-35(12,13)14)6(30-40(25,26)33-37(18,19)20)5(3(1)27-34(9,10)11)29-39(23,24)32-36(15,16)17/h1-8H,(H,21,22)(H,23,24)(H,25,26)(H2,9,10,11)(H2,12,13,14)(H2,15,16,17)(H2,18,19,20)/t1-,2-,3+,4-,5-,6-/m0/s1. The van der Waals surface area contributed by atoms with Gasteiger partial charge in [-0.25, -0.2) is 32.0 Å². The summed E-state index contributed by atoms with van der Waals surface area (Å²) in [5, 5.41) is 20.5. The number of phosphoric acid groups is 7. The largest absolute Gasteiger partial charge is 0.481 e. The lowest BCUT2D eigenvalue weighted by molar-refractivity contribution is -0.208. The molecule has 0 spiro atoms. The molecular formula is C6H19O27P7. The van der Waals surface area contributed by atoms with Crippen molar-refractivity contribution in [2.75, 3.05) is 0 Å². The first-order valence-corrected chi connectivity index (χ1v) is 19.4. The summed E-state index contributed by atoms with van der Waals surface area (Å²) >= 11 is 0. The van der Waals surface area contributed by atoms with Crippen molar-refractivity contribution in [3.05, 3.63) is 0 Å². The molecule has 0 aromatic rings. The third kappa shape index (κ3) is 14.1. The van der Waals surface area contributed by atoms with E-state index in [0.29, 0.717) is 0 Å². The molecule has 9 atom stereocenters. The SMILES string of the molecule is O=P(O)(O)O[C@@H]1[C@@H](O)[C@H](O)[C@H](OP(=O)(O)OP(=O)(O)O)[C@H](OP(=O)(O)OP(=O)(O)O)[C@H]1OP(=O)(O)OP(=O)(O)O. The number of hydrogen-bond donors (Lipinski definition) is 13. The summed E-state index contributed by atoms with van der Waals surface area (Å²) in [6.45, 7) is 0. The third-order valence-electron chi connectivity index (χ3n) is 3.65. The van der Waals surface area contributed by atoms with E-state index in [-0.39, 0.29) is 0 Å². The first-order chi connectivity index (χ1) is 17.3. The van der Waals surface area contributed by atoms with Crippen LogP contribution in [-0.4, -0.2) is 101 Å². The van der Waals surface area contributed by atoms with Crippen molar-refractivity contribution in [1.82, 2.24) is 0 Å². The first kappa shape index (κ1) is 38.8. The van der Waals surface area contributed by atoms with Crippen molar-refractivity contribution in [2.45, 2.75) is 36.6 Å². The maximum Gasteiger partial charge on any atom is 0.481 e. The average Bonchev–Trinajstić information content (AvgIpc) is 2.58. The zero-order chi connectivity index (χ0) is 31.9. The second-order valence-corrected chi connectivity index (χ2v) is 16.4. The Kier molecular flexibility index (Phi) is 12.7. The van der Waals surface area contributed by atoms with Gasteiger partial charge in [0.2, 0.25) is 0 Å². The van der Waals surface area contributed by atoms with Crippen LogP contribution in [0.1, 0.15) is 0 Å². The zero-order valence-corrected chi connectivity index (χ0v) is 24.4. The Morgan fingerprint density at radius 2 is 0.575 bits per heavy atom. The summed E-state index contributed by atoms with van der Waals surface area (Å²) < 4.78 is 107. The van der Waals surface area contributed by atoms with Gasteiger partial charge in [0.25, 0.3) is 0 Å². The quantitative estimate of drug-likeness (QED) is 0.0788. The molecule has 0 heterocycles. The number of rotatable bonds is 14. The van der Waals surface area contributed by atoms with E-state index in [1.807, 2.05) is 0 Å². The first-order valence-electron chi connectivity index (χ1n) is 8.76. The Balaban J connectivity index is 3.84. The van der Waals surface area contributed by atoms with Crippen LogP contribution in [0.5, 0.6) is 0 Å². The highest BCUT2D eigenvalue weighted by Gasteiger charge is 2.60.